The summed E-state index contributed by atoms with van der Waals surface area (Å²) in [6.07, 6.45) is 5.35. The van der Waals surface area contributed by atoms with Gasteiger partial charge in [0.15, 0.2) is 0 Å². The molecule has 1 aromatic carbocycles. The zero-order valence-electron chi connectivity index (χ0n) is 8.95. The molecule has 3 N–H and O–H groups in total. The topological polar surface area (TPSA) is 38.0 Å². The first-order valence-corrected chi connectivity index (χ1v) is 5.93. The highest BCUT2D eigenvalue weighted by molar-refractivity contribution is 5.40. The molecule has 0 amide bonds. The van der Waals surface area contributed by atoms with E-state index in [0.717, 1.165) is 23.7 Å². The molecule has 0 radical (unpaired) electrons. The van der Waals surface area contributed by atoms with Crippen LogP contribution in [0.2, 0.25) is 0 Å². The first-order valence-electron chi connectivity index (χ1n) is 5.93. The van der Waals surface area contributed by atoms with E-state index in [9.17, 15) is 0 Å². The number of nitrogens with two attached hydrogens (primary N) is 1. The van der Waals surface area contributed by atoms with Gasteiger partial charge in [-0.1, -0.05) is 12.1 Å². The van der Waals surface area contributed by atoms with Crippen LogP contribution >= 0.6 is 0 Å². The average molecular weight is 202 g/mol. The van der Waals surface area contributed by atoms with Crippen molar-refractivity contribution in [2.24, 2.45) is 0 Å². The highest BCUT2D eigenvalue weighted by atomic mass is 15.0. The monoisotopic (exact) mass is 202 g/mol. The molecule has 80 valence electrons. The second-order valence-corrected chi connectivity index (χ2v) is 4.97. The molecule has 2 heterocycles. The average Bonchev–Trinajstić information content (AvgIpc) is 2.59. The second-order valence-electron chi connectivity index (χ2n) is 4.97. The van der Waals surface area contributed by atoms with E-state index in [0.29, 0.717) is 0 Å². The predicted molar refractivity (Wildman–Crippen MR) is 62.8 cm³/mol. The van der Waals surface area contributed by atoms with Gasteiger partial charge in [0.25, 0.3) is 0 Å². The normalized spacial score (nSPS) is 34.3. The summed E-state index contributed by atoms with van der Waals surface area (Å²) in [5.41, 5.74) is 8.06. The summed E-state index contributed by atoms with van der Waals surface area (Å²) in [5, 5.41) is 3.68. The van der Waals surface area contributed by atoms with E-state index in [4.69, 9.17) is 5.73 Å². The second kappa shape index (κ2) is 3.53. The number of hydrogen-bond acceptors (Lipinski definition) is 2. The smallest absolute Gasteiger partial charge is 0.0314 e. The van der Waals surface area contributed by atoms with Crippen LogP contribution in [0, 0.1) is 0 Å². The molecule has 2 saturated heterocycles. The lowest BCUT2D eigenvalue weighted by Gasteiger charge is -2.29. The molecule has 0 saturated carbocycles. The van der Waals surface area contributed by atoms with Crippen LogP contribution in [0.5, 0.6) is 0 Å². The lowest BCUT2D eigenvalue weighted by atomic mass is 9.86. The van der Waals surface area contributed by atoms with Crippen LogP contribution in [-0.2, 0) is 0 Å². The van der Waals surface area contributed by atoms with Crippen molar-refractivity contribution < 1.29 is 0 Å². The standard InChI is InChI=1S/C13H18N2/c14-11-3-1-9(2-4-11)10-7-12-5-6-13(8-10)15-12/h1-4,10,12-13,15H,5-8,14H2. The van der Waals surface area contributed by atoms with Crippen LogP contribution in [-0.4, -0.2) is 12.1 Å². The zero-order chi connectivity index (χ0) is 10.3. The highest BCUT2D eigenvalue weighted by Gasteiger charge is 2.33. The van der Waals surface area contributed by atoms with E-state index >= 15 is 0 Å². The van der Waals surface area contributed by atoms with Crippen molar-refractivity contribution in [2.45, 2.75) is 43.7 Å². The van der Waals surface area contributed by atoms with E-state index < -0.39 is 0 Å². The van der Waals surface area contributed by atoms with Gasteiger partial charge in [0, 0.05) is 17.8 Å². The Hall–Kier alpha value is -1.02. The summed E-state index contributed by atoms with van der Waals surface area (Å²) in [6, 6.07) is 9.99. The molecule has 2 unspecified atom stereocenters. The van der Waals surface area contributed by atoms with Gasteiger partial charge in [-0.2, -0.15) is 0 Å². The molecule has 2 nitrogen and oxygen atoms in total. The maximum atomic E-state index is 5.71. The van der Waals surface area contributed by atoms with Gasteiger partial charge in [0.1, 0.15) is 0 Å². The van der Waals surface area contributed by atoms with Gasteiger partial charge in [0.05, 0.1) is 0 Å². The third-order valence-electron chi connectivity index (χ3n) is 3.88. The third kappa shape index (κ3) is 1.74. The number of piperidine rings is 1. The molecule has 15 heavy (non-hydrogen) atoms. The van der Waals surface area contributed by atoms with Gasteiger partial charge in [-0.15, -0.1) is 0 Å². The van der Waals surface area contributed by atoms with E-state index in [1.807, 2.05) is 12.1 Å². The van der Waals surface area contributed by atoms with Gasteiger partial charge in [-0.3, -0.25) is 0 Å². The van der Waals surface area contributed by atoms with Crippen molar-refractivity contribution in [3.63, 3.8) is 0 Å². The number of rotatable bonds is 1. The number of anilines is 1. The molecule has 2 atom stereocenters. The van der Waals surface area contributed by atoms with Gasteiger partial charge >= 0.3 is 0 Å². The number of nitrogen functional groups attached to an aromatic ring is 1. The SMILES string of the molecule is Nc1ccc(C2CC3CCC(C2)N3)cc1. The molecular weight excluding hydrogens is 184 g/mol. The molecular formula is C13H18N2. The Kier molecular flexibility index (Phi) is 2.17. The molecule has 2 bridgehead atoms. The molecule has 2 heteroatoms. The number of hydrogen-bond donors (Lipinski definition) is 2. The van der Waals surface area contributed by atoms with Crippen molar-refractivity contribution in [2.75, 3.05) is 5.73 Å². The fraction of sp³-hybridized carbons (Fsp3) is 0.538. The van der Waals surface area contributed by atoms with Crippen LogP contribution in [0.15, 0.2) is 24.3 Å². The van der Waals surface area contributed by atoms with Crippen molar-refractivity contribution >= 4 is 5.69 Å². The van der Waals surface area contributed by atoms with Crippen molar-refractivity contribution in [1.82, 2.24) is 5.32 Å². The van der Waals surface area contributed by atoms with Crippen molar-refractivity contribution in [1.29, 1.82) is 0 Å². The predicted octanol–water partition coefficient (Wildman–Crippen LogP) is 2.27. The Morgan fingerprint density at radius 1 is 1.00 bits per heavy atom. The highest BCUT2D eigenvalue weighted by Crippen LogP contribution is 2.37. The van der Waals surface area contributed by atoms with Gasteiger partial charge in [-0.25, -0.2) is 0 Å². The summed E-state index contributed by atoms with van der Waals surface area (Å²) in [7, 11) is 0. The Balaban J connectivity index is 1.80. The third-order valence-corrected chi connectivity index (χ3v) is 3.88. The molecule has 0 spiro atoms. The molecule has 0 aromatic heterocycles. The minimum Gasteiger partial charge on any atom is -0.399 e. The molecule has 2 fully saturated rings. The molecule has 2 aliphatic heterocycles. The van der Waals surface area contributed by atoms with E-state index in [1.165, 1.54) is 31.2 Å². The Morgan fingerprint density at radius 3 is 2.20 bits per heavy atom. The zero-order valence-corrected chi connectivity index (χ0v) is 8.95. The maximum absolute atomic E-state index is 5.71. The Labute approximate surface area is 90.9 Å². The lowest BCUT2D eigenvalue weighted by molar-refractivity contribution is 0.363. The molecule has 0 aliphatic carbocycles. The number of fused-ring (bicyclic) bond motifs is 2. The lowest BCUT2D eigenvalue weighted by Crippen LogP contribution is -2.37. The minimum absolute atomic E-state index is 0.754. The Morgan fingerprint density at radius 2 is 1.60 bits per heavy atom. The van der Waals surface area contributed by atoms with E-state index in [1.54, 1.807) is 0 Å². The summed E-state index contributed by atoms with van der Waals surface area (Å²) < 4.78 is 0. The largest absolute Gasteiger partial charge is 0.399 e. The van der Waals surface area contributed by atoms with Gasteiger partial charge in [-0.05, 0) is 49.3 Å². The summed E-state index contributed by atoms with van der Waals surface area (Å²) >= 11 is 0. The van der Waals surface area contributed by atoms with Gasteiger partial charge in [0.2, 0.25) is 0 Å². The summed E-state index contributed by atoms with van der Waals surface area (Å²) in [4.78, 5) is 0. The molecule has 1 aromatic rings. The fourth-order valence-electron chi connectivity index (χ4n) is 3.10. The van der Waals surface area contributed by atoms with Crippen LogP contribution in [0.4, 0.5) is 5.69 Å². The summed E-state index contributed by atoms with van der Waals surface area (Å²) in [6.45, 7) is 0. The van der Waals surface area contributed by atoms with Crippen molar-refractivity contribution in [3.8, 4) is 0 Å². The van der Waals surface area contributed by atoms with Crippen LogP contribution in [0.25, 0.3) is 0 Å². The Bertz CT molecular complexity index is 332. The summed E-state index contributed by atoms with van der Waals surface area (Å²) in [5.74, 6) is 0.754. The van der Waals surface area contributed by atoms with Crippen LogP contribution < -0.4 is 11.1 Å². The van der Waals surface area contributed by atoms with Crippen LogP contribution in [0.1, 0.15) is 37.2 Å². The van der Waals surface area contributed by atoms with Crippen LogP contribution in [0.3, 0.4) is 0 Å². The number of nitrogens with one attached hydrogen (secondary N) is 1. The maximum Gasteiger partial charge on any atom is 0.0314 e. The minimum atomic E-state index is 0.754. The first kappa shape index (κ1) is 9.22. The molecule has 2 aliphatic rings. The van der Waals surface area contributed by atoms with E-state index in [2.05, 4.69) is 17.4 Å². The van der Waals surface area contributed by atoms with Gasteiger partial charge < -0.3 is 11.1 Å². The fourth-order valence-corrected chi connectivity index (χ4v) is 3.10. The molecule has 3 rings (SSSR count). The first-order chi connectivity index (χ1) is 7.31. The quantitative estimate of drug-likeness (QED) is 0.686. The number of benzene rings is 1. The van der Waals surface area contributed by atoms with E-state index in [-0.39, 0.29) is 0 Å². The van der Waals surface area contributed by atoms with Crippen molar-refractivity contribution in [3.05, 3.63) is 29.8 Å².